The Balaban J connectivity index is 1.97. The number of anilines is 2. The van der Waals surface area contributed by atoms with Gasteiger partial charge >= 0.3 is 5.97 Å². The number of nitrogens with zero attached hydrogens (tertiary/aromatic N) is 3. The van der Waals surface area contributed by atoms with Gasteiger partial charge in [-0.1, -0.05) is 0 Å². The van der Waals surface area contributed by atoms with E-state index < -0.39 is 5.97 Å². The zero-order valence-electron chi connectivity index (χ0n) is 9.16. The van der Waals surface area contributed by atoms with Crippen molar-refractivity contribution in [3.8, 4) is 0 Å². The molecule has 90 valence electrons. The van der Waals surface area contributed by atoms with E-state index in [1.807, 2.05) is 6.07 Å². The number of carboxylic acid groups (broad SMARTS) is 1. The molecule has 0 aliphatic heterocycles. The lowest BCUT2D eigenvalue weighted by atomic mass is 10.4. The SMILES string of the molecule is O=C(O)c1cn2nc(Nc3cc[nH]c3)ccc2n1. The van der Waals surface area contributed by atoms with Gasteiger partial charge in [0.05, 0.1) is 11.9 Å². The van der Waals surface area contributed by atoms with Gasteiger partial charge in [-0.15, -0.1) is 5.10 Å². The van der Waals surface area contributed by atoms with Crippen LogP contribution >= 0.6 is 0 Å². The Morgan fingerprint density at radius 3 is 3.00 bits per heavy atom. The molecule has 0 radical (unpaired) electrons. The Labute approximate surface area is 101 Å². The smallest absolute Gasteiger partial charge is 0.356 e. The van der Waals surface area contributed by atoms with Crippen LogP contribution in [0.3, 0.4) is 0 Å². The molecule has 0 aliphatic rings. The summed E-state index contributed by atoms with van der Waals surface area (Å²) in [6.07, 6.45) is 4.96. The molecule has 0 unspecified atom stereocenters. The fourth-order valence-electron chi connectivity index (χ4n) is 1.60. The van der Waals surface area contributed by atoms with Crippen LogP contribution in [0.4, 0.5) is 11.5 Å². The summed E-state index contributed by atoms with van der Waals surface area (Å²) < 4.78 is 1.43. The third-order valence-electron chi connectivity index (χ3n) is 2.41. The minimum Gasteiger partial charge on any atom is -0.476 e. The molecule has 0 saturated carbocycles. The van der Waals surface area contributed by atoms with Gasteiger partial charge in [0, 0.05) is 12.4 Å². The van der Waals surface area contributed by atoms with Crippen molar-refractivity contribution >= 4 is 23.1 Å². The number of hydrogen-bond acceptors (Lipinski definition) is 4. The molecule has 7 heteroatoms. The van der Waals surface area contributed by atoms with Gasteiger partial charge in [-0.3, -0.25) is 0 Å². The quantitative estimate of drug-likeness (QED) is 0.647. The largest absolute Gasteiger partial charge is 0.476 e. The van der Waals surface area contributed by atoms with Crippen molar-refractivity contribution in [3.63, 3.8) is 0 Å². The van der Waals surface area contributed by atoms with Crippen molar-refractivity contribution in [2.45, 2.75) is 0 Å². The molecular weight excluding hydrogens is 234 g/mol. The van der Waals surface area contributed by atoms with E-state index in [9.17, 15) is 4.79 Å². The Morgan fingerprint density at radius 1 is 1.39 bits per heavy atom. The van der Waals surface area contributed by atoms with Gasteiger partial charge in [-0.2, -0.15) is 0 Å². The number of aromatic nitrogens is 4. The van der Waals surface area contributed by atoms with E-state index >= 15 is 0 Å². The second-order valence-electron chi connectivity index (χ2n) is 3.68. The molecular formula is C11H9N5O2. The summed E-state index contributed by atoms with van der Waals surface area (Å²) >= 11 is 0. The van der Waals surface area contributed by atoms with Crippen LogP contribution in [0.2, 0.25) is 0 Å². The highest BCUT2D eigenvalue weighted by molar-refractivity contribution is 5.86. The summed E-state index contributed by atoms with van der Waals surface area (Å²) in [7, 11) is 0. The third-order valence-corrected chi connectivity index (χ3v) is 2.41. The standard InChI is InChI=1S/C11H9N5O2/c17-11(18)8-6-16-10(14-8)2-1-9(15-16)13-7-3-4-12-5-7/h1-6,12H,(H,13,15)(H,17,18). The number of aromatic carboxylic acids is 1. The molecule has 0 atom stereocenters. The Hall–Kier alpha value is -2.83. The van der Waals surface area contributed by atoms with Gasteiger partial charge in [0.1, 0.15) is 0 Å². The summed E-state index contributed by atoms with van der Waals surface area (Å²) in [5.74, 6) is -0.461. The predicted octanol–water partition coefficient (Wildman–Crippen LogP) is 1.50. The lowest BCUT2D eigenvalue weighted by molar-refractivity contribution is 0.0691. The zero-order valence-corrected chi connectivity index (χ0v) is 9.16. The summed E-state index contributed by atoms with van der Waals surface area (Å²) in [5, 5.41) is 16.1. The zero-order chi connectivity index (χ0) is 12.5. The number of aromatic amines is 1. The van der Waals surface area contributed by atoms with Crippen LogP contribution in [0.5, 0.6) is 0 Å². The normalized spacial score (nSPS) is 10.7. The molecule has 3 rings (SSSR count). The number of rotatable bonds is 3. The maximum atomic E-state index is 10.8. The van der Waals surface area contributed by atoms with Crippen LogP contribution in [-0.4, -0.2) is 30.7 Å². The average molecular weight is 243 g/mol. The molecule has 3 aromatic heterocycles. The maximum absolute atomic E-state index is 10.8. The average Bonchev–Trinajstić information content (AvgIpc) is 2.96. The topological polar surface area (TPSA) is 95.3 Å². The maximum Gasteiger partial charge on any atom is 0.356 e. The van der Waals surface area contributed by atoms with Gasteiger partial charge in [-0.25, -0.2) is 14.3 Å². The fourth-order valence-corrected chi connectivity index (χ4v) is 1.60. The van der Waals surface area contributed by atoms with Gasteiger partial charge in [0.25, 0.3) is 0 Å². The van der Waals surface area contributed by atoms with E-state index in [1.165, 1.54) is 10.7 Å². The molecule has 0 saturated heterocycles. The molecule has 3 aromatic rings. The van der Waals surface area contributed by atoms with Crippen LogP contribution in [0.1, 0.15) is 10.5 Å². The van der Waals surface area contributed by atoms with Crippen molar-refractivity contribution in [2.75, 3.05) is 5.32 Å². The van der Waals surface area contributed by atoms with E-state index in [1.54, 1.807) is 24.5 Å². The van der Waals surface area contributed by atoms with Gasteiger partial charge in [0.15, 0.2) is 17.2 Å². The first-order valence-corrected chi connectivity index (χ1v) is 5.22. The molecule has 7 nitrogen and oxygen atoms in total. The van der Waals surface area contributed by atoms with Crippen LogP contribution in [-0.2, 0) is 0 Å². The van der Waals surface area contributed by atoms with Crippen LogP contribution in [0.25, 0.3) is 5.65 Å². The number of hydrogen-bond donors (Lipinski definition) is 3. The highest BCUT2D eigenvalue weighted by Crippen LogP contribution is 2.14. The lowest BCUT2D eigenvalue weighted by Gasteiger charge is -2.02. The third kappa shape index (κ3) is 1.77. The van der Waals surface area contributed by atoms with Crippen LogP contribution in [0, 0.1) is 0 Å². The molecule has 0 aliphatic carbocycles. The molecule has 0 fully saturated rings. The van der Waals surface area contributed by atoms with Crippen molar-refractivity contribution in [3.05, 3.63) is 42.5 Å². The van der Waals surface area contributed by atoms with E-state index in [2.05, 4.69) is 20.4 Å². The molecule has 0 spiro atoms. The molecule has 3 heterocycles. The van der Waals surface area contributed by atoms with Crippen molar-refractivity contribution in [2.24, 2.45) is 0 Å². The minimum atomic E-state index is -1.07. The number of nitrogens with one attached hydrogen (secondary N) is 2. The van der Waals surface area contributed by atoms with Crippen molar-refractivity contribution < 1.29 is 9.90 Å². The highest BCUT2D eigenvalue weighted by atomic mass is 16.4. The molecule has 0 bridgehead atoms. The van der Waals surface area contributed by atoms with Gasteiger partial charge in [0.2, 0.25) is 0 Å². The number of carbonyl (C=O) groups is 1. The number of carboxylic acids is 1. The molecule has 0 amide bonds. The second-order valence-corrected chi connectivity index (χ2v) is 3.68. The predicted molar refractivity (Wildman–Crippen MR) is 64.0 cm³/mol. The molecule has 18 heavy (non-hydrogen) atoms. The summed E-state index contributed by atoms with van der Waals surface area (Å²) in [6, 6.07) is 5.30. The van der Waals surface area contributed by atoms with E-state index in [-0.39, 0.29) is 5.69 Å². The van der Waals surface area contributed by atoms with E-state index in [0.717, 1.165) is 5.69 Å². The second kappa shape index (κ2) is 3.88. The number of fused-ring (bicyclic) bond motifs is 1. The summed E-state index contributed by atoms with van der Waals surface area (Å²) in [6.45, 7) is 0. The van der Waals surface area contributed by atoms with Gasteiger partial charge in [-0.05, 0) is 18.2 Å². The van der Waals surface area contributed by atoms with Gasteiger partial charge < -0.3 is 15.4 Å². The lowest BCUT2D eigenvalue weighted by Crippen LogP contribution is -1.97. The molecule has 3 N–H and O–H groups in total. The fraction of sp³-hybridized carbons (Fsp3) is 0. The monoisotopic (exact) mass is 243 g/mol. The Kier molecular flexibility index (Phi) is 2.23. The Bertz CT molecular complexity index is 701. The van der Waals surface area contributed by atoms with Crippen LogP contribution < -0.4 is 5.32 Å². The Morgan fingerprint density at radius 2 is 2.28 bits per heavy atom. The number of H-pyrrole nitrogens is 1. The first-order chi connectivity index (χ1) is 8.72. The number of imidazole rings is 1. The van der Waals surface area contributed by atoms with Crippen molar-refractivity contribution in [1.29, 1.82) is 0 Å². The minimum absolute atomic E-state index is 0.0266. The van der Waals surface area contributed by atoms with E-state index in [0.29, 0.717) is 11.5 Å². The van der Waals surface area contributed by atoms with Crippen molar-refractivity contribution in [1.82, 2.24) is 19.6 Å². The summed E-state index contributed by atoms with van der Waals surface area (Å²) in [4.78, 5) is 17.6. The van der Waals surface area contributed by atoms with Crippen LogP contribution in [0.15, 0.2) is 36.8 Å². The highest BCUT2D eigenvalue weighted by Gasteiger charge is 2.09. The van der Waals surface area contributed by atoms with E-state index in [4.69, 9.17) is 5.11 Å². The summed E-state index contributed by atoms with van der Waals surface area (Å²) in [5.41, 5.74) is 1.34. The first-order valence-electron chi connectivity index (χ1n) is 5.22. The molecule has 0 aromatic carbocycles. The first kappa shape index (κ1) is 10.3.